The fourth-order valence-corrected chi connectivity index (χ4v) is 5.21. The molecule has 0 bridgehead atoms. The molecule has 2 aliphatic rings. The third-order valence-electron chi connectivity index (χ3n) is 5.99. The molecule has 2 aromatic rings. The van der Waals surface area contributed by atoms with Crippen LogP contribution in [0.5, 0.6) is 11.5 Å². The molecule has 1 aromatic carbocycles. The van der Waals surface area contributed by atoms with Gasteiger partial charge in [0.05, 0.1) is 23.2 Å². The van der Waals surface area contributed by atoms with Gasteiger partial charge in [0.2, 0.25) is 6.79 Å². The quantitative estimate of drug-likeness (QED) is 0.497. The molecule has 192 valence electrons. The van der Waals surface area contributed by atoms with Crippen molar-refractivity contribution in [3.05, 3.63) is 68.7 Å². The van der Waals surface area contributed by atoms with Gasteiger partial charge in [-0.15, -0.1) is 11.3 Å². The molecule has 0 aliphatic carbocycles. The highest BCUT2D eigenvalue weighted by Gasteiger charge is 2.40. The molecule has 0 amide bonds. The third-order valence-corrected chi connectivity index (χ3v) is 6.85. The topological polar surface area (TPSA) is 86.3 Å². The van der Waals surface area contributed by atoms with E-state index in [9.17, 15) is 9.59 Å². The Morgan fingerprint density at radius 3 is 2.56 bits per heavy atom. The van der Waals surface area contributed by atoms with Gasteiger partial charge < -0.3 is 24.3 Å². The fraction of sp³-hybridized carbons (Fsp3) is 0.407. The Balaban J connectivity index is 1.61. The summed E-state index contributed by atoms with van der Waals surface area (Å²) in [7, 11) is 1.99. The van der Waals surface area contributed by atoms with Gasteiger partial charge >= 0.3 is 11.9 Å². The Morgan fingerprint density at radius 1 is 1.11 bits per heavy atom. The number of rotatable bonds is 9. The number of esters is 2. The smallest absolute Gasteiger partial charge is 0.337 e. The number of dihydropyridines is 1. The Hall–Kier alpha value is -3.30. The van der Waals surface area contributed by atoms with E-state index in [1.807, 2.05) is 30.6 Å². The van der Waals surface area contributed by atoms with Gasteiger partial charge in [0.25, 0.3) is 0 Å². The van der Waals surface area contributed by atoms with E-state index in [1.165, 1.54) is 4.88 Å². The zero-order chi connectivity index (χ0) is 25.8. The molecule has 36 heavy (non-hydrogen) atoms. The molecule has 0 spiro atoms. The van der Waals surface area contributed by atoms with Crippen LogP contribution in [-0.4, -0.2) is 49.9 Å². The Bertz CT molecular complexity index is 1180. The van der Waals surface area contributed by atoms with Crippen LogP contribution in [0.4, 0.5) is 0 Å². The van der Waals surface area contributed by atoms with E-state index in [1.54, 1.807) is 45.1 Å². The predicted octanol–water partition coefficient (Wildman–Crippen LogP) is 4.34. The fourth-order valence-electron chi connectivity index (χ4n) is 4.42. The number of hydrogen-bond donors (Lipinski definition) is 1. The van der Waals surface area contributed by atoms with Gasteiger partial charge in [-0.1, -0.05) is 18.2 Å². The zero-order valence-electron chi connectivity index (χ0n) is 21.3. The summed E-state index contributed by atoms with van der Waals surface area (Å²) in [5, 5.41) is 5.23. The van der Waals surface area contributed by atoms with Crippen LogP contribution < -0.4 is 14.8 Å². The number of para-hydroxylation sites is 1. The highest BCUT2D eigenvalue weighted by molar-refractivity contribution is 7.09. The maximum atomic E-state index is 13.5. The van der Waals surface area contributed by atoms with Crippen molar-refractivity contribution in [2.45, 2.75) is 46.3 Å². The first-order valence-electron chi connectivity index (χ1n) is 11.9. The second-order valence-electron chi connectivity index (χ2n) is 9.12. The number of allylic oxidation sites excluding steroid dienone is 2. The molecular formula is C27H32N2O6S. The number of carbonyl (C=O) groups excluding carboxylic acids is 2. The molecule has 8 nitrogen and oxygen atoms in total. The highest BCUT2D eigenvalue weighted by Crippen LogP contribution is 2.47. The van der Waals surface area contributed by atoms with Crippen molar-refractivity contribution in [2.75, 3.05) is 27.0 Å². The molecule has 1 aromatic heterocycles. The van der Waals surface area contributed by atoms with Gasteiger partial charge in [-0.25, -0.2) is 9.59 Å². The largest absolute Gasteiger partial charge is 0.461 e. The lowest BCUT2D eigenvalue weighted by Crippen LogP contribution is -2.34. The van der Waals surface area contributed by atoms with Crippen molar-refractivity contribution in [3.63, 3.8) is 0 Å². The Kier molecular flexibility index (Phi) is 8.01. The number of nitrogens with one attached hydrogen (secondary N) is 1. The number of hydrogen-bond acceptors (Lipinski definition) is 9. The normalized spacial score (nSPS) is 17.0. The standard InChI is InChI=1S/C27H32N2O6S/c1-16(2)35-27(31)23-18(4)28-17(3)22(24(23)20-9-6-10-21-25(20)34-15-33-21)26(30)32-12-11-29(5)14-19-8-7-13-36-19/h6-10,13,16,24,28H,11-12,14-15H2,1-5H3. The van der Waals surface area contributed by atoms with Crippen LogP contribution in [0.25, 0.3) is 0 Å². The minimum atomic E-state index is -0.731. The Morgan fingerprint density at radius 2 is 1.86 bits per heavy atom. The molecule has 0 radical (unpaired) electrons. The maximum absolute atomic E-state index is 13.5. The lowest BCUT2D eigenvalue weighted by molar-refractivity contribution is -0.143. The average Bonchev–Trinajstić information content (AvgIpc) is 3.49. The number of carbonyl (C=O) groups is 2. The molecule has 0 saturated carbocycles. The molecule has 1 unspecified atom stereocenters. The molecule has 9 heteroatoms. The van der Waals surface area contributed by atoms with Gasteiger partial charge in [-0.05, 0) is 52.3 Å². The summed E-state index contributed by atoms with van der Waals surface area (Å²) in [6, 6.07) is 9.56. The average molecular weight is 513 g/mol. The summed E-state index contributed by atoms with van der Waals surface area (Å²) < 4.78 is 22.6. The summed E-state index contributed by atoms with van der Waals surface area (Å²) in [5.74, 6) is -0.634. The van der Waals surface area contributed by atoms with Gasteiger partial charge in [0.15, 0.2) is 11.5 Å². The van der Waals surface area contributed by atoms with Crippen LogP contribution in [0.1, 0.15) is 44.1 Å². The van der Waals surface area contributed by atoms with E-state index < -0.39 is 17.9 Å². The minimum absolute atomic E-state index is 0.0742. The van der Waals surface area contributed by atoms with Crippen molar-refractivity contribution in [1.29, 1.82) is 0 Å². The molecule has 0 fully saturated rings. The summed E-state index contributed by atoms with van der Waals surface area (Å²) in [6.07, 6.45) is -0.319. The Labute approximate surface area is 215 Å². The number of thiophene rings is 1. The van der Waals surface area contributed by atoms with E-state index in [0.717, 1.165) is 6.54 Å². The van der Waals surface area contributed by atoms with Crippen LogP contribution in [0.3, 0.4) is 0 Å². The molecule has 1 N–H and O–H groups in total. The van der Waals surface area contributed by atoms with E-state index in [-0.39, 0.29) is 19.5 Å². The number of likely N-dealkylation sites (N-methyl/N-ethyl adjacent to an activating group) is 1. The van der Waals surface area contributed by atoms with Crippen LogP contribution in [0.2, 0.25) is 0 Å². The second kappa shape index (κ2) is 11.2. The van der Waals surface area contributed by atoms with E-state index >= 15 is 0 Å². The molecule has 4 rings (SSSR count). The third kappa shape index (κ3) is 5.57. The monoisotopic (exact) mass is 512 g/mol. The number of ether oxygens (including phenoxy) is 4. The lowest BCUT2D eigenvalue weighted by atomic mass is 9.80. The van der Waals surface area contributed by atoms with Gasteiger partial charge in [0, 0.05) is 34.9 Å². The minimum Gasteiger partial charge on any atom is -0.461 e. The van der Waals surface area contributed by atoms with Crippen LogP contribution in [0.15, 0.2) is 58.3 Å². The van der Waals surface area contributed by atoms with E-state index in [4.69, 9.17) is 18.9 Å². The van der Waals surface area contributed by atoms with E-state index in [2.05, 4.69) is 16.3 Å². The molecular weight excluding hydrogens is 480 g/mol. The van der Waals surface area contributed by atoms with Crippen molar-refractivity contribution in [2.24, 2.45) is 0 Å². The van der Waals surface area contributed by atoms with Gasteiger partial charge in [-0.3, -0.25) is 4.90 Å². The van der Waals surface area contributed by atoms with E-state index in [0.29, 0.717) is 46.1 Å². The maximum Gasteiger partial charge on any atom is 0.337 e. The lowest BCUT2D eigenvalue weighted by Gasteiger charge is -2.31. The summed E-state index contributed by atoms with van der Waals surface area (Å²) >= 11 is 1.69. The molecule has 3 heterocycles. The first-order valence-corrected chi connectivity index (χ1v) is 12.8. The summed E-state index contributed by atoms with van der Waals surface area (Å²) in [4.78, 5) is 30.1. The van der Waals surface area contributed by atoms with Gasteiger partial charge in [-0.2, -0.15) is 0 Å². The van der Waals surface area contributed by atoms with Crippen molar-refractivity contribution < 1.29 is 28.5 Å². The second-order valence-corrected chi connectivity index (χ2v) is 10.2. The van der Waals surface area contributed by atoms with Crippen molar-refractivity contribution >= 4 is 23.3 Å². The van der Waals surface area contributed by atoms with Crippen molar-refractivity contribution in [1.82, 2.24) is 10.2 Å². The van der Waals surface area contributed by atoms with Crippen LogP contribution in [0, 0.1) is 0 Å². The number of fused-ring (bicyclic) bond motifs is 1. The molecule has 2 aliphatic heterocycles. The first-order chi connectivity index (χ1) is 17.3. The predicted molar refractivity (Wildman–Crippen MR) is 137 cm³/mol. The van der Waals surface area contributed by atoms with Crippen molar-refractivity contribution in [3.8, 4) is 11.5 Å². The summed E-state index contributed by atoms with van der Waals surface area (Å²) in [5.41, 5.74) is 2.59. The van der Waals surface area contributed by atoms with Gasteiger partial charge in [0.1, 0.15) is 6.61 Å². The number of nitrogens with zero attached hydrogens (tertiary/aromatic N) is 1. The van der Waals surface area contributed by atoms with Crippen LogP contribution >= 0.6 is 11.3 Å². The zero-order valence-corrected chi connectivity index (χ0v) is 22.1. The SMILES string of the molecule is CC1=C(C(=O)OCCN(C)Cc2cccs2)C(c2cccc3c2OCO3)C(C(=O)OC(C)C)=C(C)N1. The molecule has 1 atom stereocenters. The molecule has 0 saturated heterocycles. The first kappa shape index (κ1) is 25.8. The number of benzene rings is 1. The highest BCUT2D eigenvalue weighted by atomic mass is 32.1. The summed E-state index contributed by atoms with van der Waals surface area (Å²) in [6.45, 7) is 8.83. The van der Waals surface area contributed by atoms with Crippen LogP contribution in [-0.2, 0) is 25.6 Å².